The number of aromatic nitrogens is 3. The van der Waals surface area contributed by atoms with Gasteiger partial charge in [-0.3, -0.25) is 19.1 Å². The van der Waals surface area contributed by atoms with Gasteiger partial charge >= 0.3 is 4.87 Å². The van der Waals surface area contributed by atoms with Crippen molar-refractivity contribution in [3.05, 3.63) is 20.0 Å². The van der Waals surface area contributed by atoms with Crippen LogP contribution in [0.2, 0.25) is 0 Å². The van der Waals surface area contributed by atoms with E-state index in [1.807, 2.05) is 0 Å². The van der Waals surface area contributed by atoms with Crippen molar-refractivity contribution >= 4 is 27.6 Å². The number of anilines is 1. The van der Waals surface area contributed by atoms with Crippen LogP contribution in [0.4, 0.5) is 5.95 Å². The normalized spacial score (nSPS) is 26.4. The number of nitrogen functional groups attached to an aromatic ring is 1. The van der Waals surface area contributed by atoms with Crippen molar-refractivity contribution in [2.45, 2.75) is 18.2 Å². The van der Waals surface area contributed by atoms with Crippen molar-refractivity contribution in [2.75, 3.05) is 18.9 Å². The highest BCUT2D eigenvalue weighted by molar-refractivity contribution is 7.16. The number of aliphatic hydroxyl groups excluding tert-OH is 2. The molecule has 108 valence electrons. The summed E-state index contributed by atoms with van der Waals surface area (Å²) in [4.78, 5) is 29.6. The summed E-state index contributed by atoms with van der Waals surface area (Å²) in [5.41, 5.74) is 3.59. The van der Waals surface area contributed by atoms with Crippen molar-refractivity contribution in [1.29, 1.82) is 0 Å². The summed E-state index contributed by atoms with van der Waals surface area (Å²) in [5.74, 6) is -0.138. The first-order valence-electron chi connectivity index (χ1n) is 5.81. The lowest BCUT2D eigenvalue weighted by atomic mass is 10.1. The quantitative estimate of drug-likeness (QED) is 0.510. The van der Waals surface area contributed by atoms with Crippen LogP contribution in [0.1, 0.15) is 6.42 Å². The Kier molecular flexibility index (Phi) is 2.90. The second-order valence-electron chi connectivity index (χ2n) is 4.58. The Labute approximate surface area is 115 Å². The molecule has 5 N–H and O–H groups in total. The summed E-state index contributed by atoms with van der Waals surface area (Å²) in [6.07, 6.45) is -0.771. The lowest BCUT2D eigenvalue weighted by molar-refractivity contribution is -0.0979. The van der Waals surface area contributed by atoms with Crippen LogP contribution in [0.25, 0.3) is 10.3 Å². The van der Waals surface area contributed by atoms with Crippen molar-refractivity contribution in [2.24, 2.45) is 0 Å². The predicted octanol–water partition coefficient (Wildman–Crippen LogP) is -1.85. The lowest BCUT2D eigenvalue weighted by Gasteiger charge is -2.26. The molecule has 2 aromatic rings. The SMILES string of the molecule is Nc1nc2c(sc(=O)n2[C@@]2(CO)C[C@@H](O)CO2)c(=O)[nH]1. The first-order valence-corrected chi connectivity index (χ1v) is 6.63. The summed E-state index contributed by atoms with van der Waals surface area (Å²) < 4.78 is 6.58. The van der Waals surface area contributed by atoms with Gasteiger partial charge in [0.25, 0.3) is 5.56 Å². The number of H-pyrrole nitrogens is 1. The Morgan fingerprint density at radius 2 is 2.35 bits per heavy atom. The van der Waals surface area contributed by atoms with Gasteiger partial charge in [0.05, 0.1) is 19.3 Å². The van der Waals surface area contributed by atoms with Crippen LogP contribution in [0, 0.1) is 0 Å². The van der Waals surface area contributed by atoms with E-state index in [2.05, 4.69) is 9.97 Å². The minimum absolute atomic E-state index is 0.0109. The molecular formula is C10H12N4O5S. The van der Waals surface area contributed by atoms with Crippen molar-refractivity contribution in [3.63, 3.8) is 0 Å². The molecule has 3 heterocycles. The molecule has 3 rings (SSSR count). The fourth-order valence-corrected chi connectivity index (χ4v) is 3.25. The van der Waals surface area contributed by atoms with E-state index in [9.17, 15) is 19.8 Å². The molecule has 20 heavy (non-hydrogen) atoms. The van der Waals surface area contributed by atoms with E-state index in [0.717, 1.165) is 4.57 Å². The average Bonchev–Trinajstić information content (AvgIpc) is 2.91. The molecule has 10 heteroatoms. The summed E-state index contributed by atoms with van der Waals surface area (Å²) in [7, 11) is 0. The van der Waals surface area contributed by atoms with Crippen LogP contribution < -0.4 is 16.2 Å². The number of fused-ring (bicyclic) bond motifs is 1. The molecule has 1 saturated heterocycles. The number of rotatable bonds is 2. The molecule has 0 saturated carbocycles. The number of ether oxygens (including phenoxy) is 1. The average molecular weight is 300 g/mol. The monoisotopic (exact) mass is 300 g/mol. The van der Waals surface area contributed by atoms with E-state index in [1.54, 1.807) is 0 Å². The summed E-state index contributed by atoms with van der Waals surface area (Å²) in [6.45, 7) is -0.535. The predicted molar refractivity (Wildman–Crippen MR) is 70.5 cm³/mol. The van der Waals surface area contributed by atoms with Crippen molar-refractivity contribution in [3.8, 4) is 0 Å². The molecule has 0 amide bonds. The van der Waals surface area contributed by atoms with Crippen LogP contribution in [0.15, 0.2) is 9.59 Å². The summed E-state index contributed by atoms with van der Waals surface area (Å²) >= 11 is 0.689. The van der Waals surface area contributed by atoms with E-state index in [-0.39, 0.29) is 29.3 Å². The maximum Gasteiger partial charge on any atom is 0.312 e. The summed E-state index contributed by atoms with van der Waals surface area (Å²) in [5, 5.41) is 19.2. The van der Waals surface area contributed by atoms with Crippen LogP contribution >= 0.6 is 11.3 Å². The summed E-state index contributed by atoms with van der Waals surface area (Å²) in [6, 6.07) is 0. The molecule has 1 aliphatic heterocycles. The van der Waals surface area contributed by atoms with Gasteiger partial charge in [-0.2, -0.15) is 4.98 Å². The van der Waals surface area contributed by atoms with E-state index < -0.39 is 28.9 Å². The van der Waals surface area contributed by atoms with Crippen LogP contribution in [-0.4, -0.2) is 44.1 Å². The highest BCUT2D eigenvalue weighted by Gasteiger charge is 2.44. The van der Waals surface area contributed by atoms with Crippen LogP contribution in [-0.2, 0) is 10.5 Å². The van der Waals surface area contributed by atoms with E-state index in [4.69, 9.17) is 10.5 Å². The van der Waals surface area contributed by atoms with Gasteiger partial charge in [0.2, 0.25) is 5.95 Å². The van der Waals surface area contributed by atoms with Gasteiger partial charge in [0.1, 0.15) is 4.70 Å². The zero-order valence-corrected chi connectivity index (χ0v) is 11.0. The number of aliphatic hydroxyl groups is 2. The van der Waals surface area contributed by atoms with Gasteiger partial charge in [-0.1, -0.05) is 11.3 Å². The Balaban J connectivity index is 2.34. The third-order valence-electron chi connectivity index (χ3n) is 3.21. The molecule has 0 aromatic carbocycles. The maximum atomic E-state index is 12.1. The Bertz CT molecular complexity index is 780. The molecule has 0 radical (unpaired) electrons. The Morgan fingerprint density at radius 1 is 1.60 bits per heavy atom. The molecule has 0 bridgehead atoms. The molecule has 0 unspecified atom stereocenters. The fourth-order valence-electron chi connectivity index (χ4n) is 2.36. The van der Waals surface area contributed by atoms with Gasteiger partial charge in [-0.15, -0.1) is 0 Å². The zero-order chi connectivity index (χ0) is 14.5. The molecule has 2 atom stereocenters. The minimum atomic E-state index is -1.41. The molecule has 1 fully saturated rings. The molecule has 1 aliphatic rings. The second kappa shape index (κ2) is 4.38. The minimum Gasteiger partial charge on any atom is -0.391 e. The highest BCUT2D eigenvalue weighted by Crippen LogP contribution is 2.32. The van der Waals surface area contributed by atoms with E-state index >= 15 is 0 Å². The van der Waals surface area contributed by atoms with E-state index in [1.165, 1.54) is 0 Å². The number of nitrogens with two attached hydrogens (primary N) is 1. The number of hydrogen-bond donors (Lipinski definition) is 4. The molecule has 9 nitrogen and oxygen atoms in total. The third-order valence-corrected chi connectivity index (χ3v) is 4.14. The second-order valence-corrected chi connectivity index (χ2v) is 5.54. The van der Waals surface area contributed by atoms with Crippen molar-refractivity contribution < 1.29 is 14.9 Å². The first-order chi connectivity index (χ1) is 9.47. The highest BCUT2D eigenvalue weighted by atomic mass is 32.1. The van der Waals surface area contributed by atoms with Gasteiger partial charge in [-0.05, 0) is 0 Å². The van der Waals surface area contributed by atoms with Gasteiger partial charge in [0.15, 0.2) is 11.4 Å². The van der Waals surface area contributed by atoms with Crippen LogP contribution in [0.3, 0.4) is 0 Å². The number of nitrogens with zero attached hydrogens (tertiary/aromatic N) is 2. The number of hydrogen-bond acceptors (Lipinski definition) is 8. The van der Waals surface area contributed by atoms with Crippen LogP contribution in [0.5, 0.6) is 0 Å². The number of thiazole rings is 1. The topological polar surface area (TPSA) is 143 Å². The number of nitrogens with one attached hydrogen (secondary N) is 1. The Hall–Kier alpha value is -1.75. The van der Waals surface area contributed by atoms with E-state index in [0.29, 0.717) is 11.3 Å². The lowest BCUT2D eigenvalue weighted by Crippen LogP contribution is -2.42. The smallest absolute Gasteiger partial charge is 0.312 e. The number of aromatic amines is 1. The van der Waals surface area contributed by atoms with Gasteiger partial charge in [-0.25, -0.2) is 0 Å². The standard InChI is InChI=1S/C10H12N4O5S/c11-8-12-6-5(7(17)13-8)20-9(18)14(6)10(3-15)1-4(16)2-19-10/h4,15-16H,1-3H2,(H3,11,12,13,17)/t4-,10+/m1/s1. The molecule has 0 spiro atoms. The largest absolute Gasteiger partial charge is 0.391 e. The molecular weight excluding hydrogens is 288 g/mol. The maximum absolute atomic E-state index is 12.1. The molecule has 2 aromatic heterocycles. The Morgan fingerprint density at radius 3 is 2.95 bits per heavy atom. The fraction of sp³-hybridized carbons (Fsp3) is 0.500. The van der Waals surface area contributed by atoms with Gasteiger partial charge in [0, 0.05) is 6.42 Å². The van der Waals surface area contributed by atoms with Gasteiger partial charge < -0.3 is 20.7 Å². The van der Waals surface area contributed by atoms with Crippen molar-refractivity contribution in [1.82, 2.24) is 14.5 Å². The zero-order valence-electron chi connectivity index (χ0n) is 10.2. The third kappa shape index (κ3) is 1.77. The first kappa shape index (κ1) is 13.2. The molecule has 0 aliphatic carbocycles.